The molecule has 1 heterocycles. The number of rotatable bonds is 7. The Kier molecular flexibility index (Phi) is 6.92. The molecule has 0 aliphatic carbocycles. The molecule has 0 spiro atoms. The normalized spacial score (nSPS) is 10.6. The van der Waals surface area contributed by atoms with Crippen LogP contribution in [0.1, 0.15) is 22.8 Å². The SMILES string of the molecule is COC(=O)Cc1c(-c2ccccc2Cl)csc1-c1ccc(Oc2ccc(C(C)=O)cc2)cc1. The number of carbonyl (C=O) groups is 2. The maximum Gasteiger partial charge on any atom is 0.310 e. The maximum absolute atomic E-state index is 12.2. The highest BCUT2D eigenvalue weighted by molar-refractivity contribution is 7.14. The molecule has 0 aliphatic rings. The summed E-state index contributed by atoms with van der Waals surface area (Å²) in [5.74, 6) is 1.03. The number of halogens is 1. The zero-order valence-corrected chi connectivity index (χ0v) is 19.7. The summed E-state index contributed by atoms with van der Waals surface area (Å²) in [5, 5.41) is 2.66. The predicted octanol–water partition coefficient (Wildman–Crippen LogP) is 7.45. The van der Waals surface area contributed by atoms with Gasteiger partial charge in [-0.05, 0) is 83.6 Å². The van der Waals surface area contributed by atoms with Crippen LogP contribution >= 0.6 is 22.9 Å². The Morgan fingerprint density at radius 3 is 2.12 bits per heavy atom. The molecule has 3 aromatic carbocycles. The van der Waals surface area contributed by atoms with Gasteiger partial charge in [0.05, 0.1) is 13.5 Å². The summed E-state index contributed by atoms with van der Waals surface area (Å²) < 4.78 is 10.8. The van der Waals surface area contributed by atoms with E-state index < -0.39 is 0 Å². The standard InChI is InChI=1S/C27H21ClO4S/c1-17(29)18-7-11-20(12-8-18)32-21-13-9-19(10-14-21)27-23(15-26(30)31-2)24(16-33-27)22-5-3-4-6-25(22)28/h3-14,16H,15H2,1-2H3. The number of Topliss-reactive ketones (excluding diaryl/α,β-unsaturated/α-hetero) is 1. The van der Waals surface area contributed by atoms with Gasteiger partial charge in [-0.3, -0.25) is 9.59 Å². The molecule has 0 amide bonds. The van der Waals surface area contributed by atoms with E-state index in [-0.39, 0.29) is 18.2 Å². The number of hydrogen-bond donors (Lipinski definition) is 0. The minimum absolute atomic E-state index is 0.0146. The average molecular weight is 477 g/mol. The molecule has 0 saturated carbocycles. The van der Waals surface area contributed by atoms with Crippen molar-refractivity contribution in [3.63, 3.8) is 0 Å². The van der Waals surface area contributed by atoms with Gasteiger partial charge in [0.25, 0.3) is 0 Å². The monoisotopic (exact) mass is 476 g/mol. The molecule has 4 rings (SSSR count). The molecule has 166 valence electrons. The Labute approximate surface area is 201 Å². The lowest BCUT2D eigenvalue weighted by Crippen LogP contribution is -2.05. The summed E-state index contributed by atoms with van der Waals surface area (Å²) in [6.07, 6.45) is 0.149. The van der Waals surface area contributed by atoms with Crippen molar-refractivity contribution in [2.24, 2.45) is 0 Å². The van der Waals surface area contributed by atoms with Crippen molar-refractivity contribution in [2.45, 2.75) is 13.3 Å². The van der Waals surface area contributed by atoms with Crippen molar-refractivity contribution in [3.05, 3.63) is 94.3 Å². The first-order valence-electron chi connectivity index (χ1n) is 10.3. The summed E-state index contributed by atoms with van der Waals surface area (Å²) in [5.41, 5.74) is 4.30. The second-order valence-corrected chi connectivity index (χ2v) is 8.68. The van der Waals surface area contributed by atoms with Crippen LogP contribution in [0.15, 0.2) is 78.2 Å². The van der Waals surface area contributed by atoms with Gasteiger partial charge >= 0.3 is 5.97 Å². The molecule has 0 bridgehead atoms. The third-order valence-electron chi connectivity index (χ3n) is 5.22. The second-order valence-electron chi connectivity index (χ2n) is 7.40. The third-order valence-corrected chi connectivity index (χ3v) is 6.62. The molecule has 0 N–H and O–H groups in total. The Balaban J connectivity index is 1.64. The van der Waals surface area contributed by atoms with Gasteiger partial charge in [-0.15, -0.1) is 11.3 Å². The van der Waals surface area contributed by atoms with Gasteiger partial charge in [-0.25, -0.2) is 0 Å². The van der Waals surface area contributed by atoms with E-state index in [2.05, 4.69) is 0 Å². The molecule has 0 aliphatic heterocycles. The number of benzene rings is 3. The van der Waals surface area contributed by atoms with Crippen molar-refractivity contribution in [1.29, 1.82) is 0 Å². The van der Waals surface area contributed by atoms with Crippen molar-refractivity contribution >= 4 is 34.7 Å². The van der Waals surface area contributed by atoms with Crippen LogP contribution in [0.5, 0.6) is 11.5 Å². The van der Waals surface area contributed by atoms with E-state index in [9.17, 15) is 9.59 Å². The average Bonchev–Trinajstić information content (AvgIpc) is 3.23. The first kappa shape index (κ1) is 22.8. The van der Waals surface area contributed by atoms with E-state index in [1.165, 1.54) is 14.0 Å². The highest BCUT2D eigenvalue weighted by atomic mass is 35.5. The molecule has 4 aromatic rings. The first-order valence-corrected chi connectivity index (χ1v) is 11.5. The molecule has 0 atom stereocenters. The molecule has 33 heavy (non-hydrogen) atoms. The van der Waals surface area contributed by atoms with E-state index >= 15 is 0 Å². The lowest BCUT2D eigenvalue weighted by molar-refractivity contribution is -0.139. The molecule has 0 fully saturated rings. The smallest absolute Gasteiger partial charge is 0.310 e. The number of esters is 1. The molecule has 0 saturated heterocycles. The van der Waals surface area contributed by atoms with E-state index in [1.54, 1.807) is 35.6 Å². The largest absolute Gasteiger partial charge is 0.469 e. The minimum atomic E-state index is -0.308. The van der Waals surface area contributed by atoms with Gasteiger partial charge in [0.15, 0.2) is 5.78 Å². The van der Waals surface area contributed by atoms with Crippen LogP contribution in [-0.2, 0) is 16.0 Å². The Morgan fingerprint density at radius 1 is 0.879 bits per heavy atom. The van der Waals surface area contributed by atoms with Gasteiger partial charge in [0.2, 0.25) is 0 Å². The maximum atomic E-state index is 12.2. The van der Waals surface area contributed by atoms with Crippen LogP contribution in [0.25, 0.3) is 21.6 Å². The summed E-state index contributed by atoms with van der Waals surface area (Å²) in [4.78, 5) is 24.6. The zero-order chi connectivity index (χ0) is 23.4. The Hall–Kier alpha value is -3.41. The van der Waals surface area contributed by atoms with E-state index in [1.807, 2.05) is 53.9 Å². The Bertz CT molecular complexity index is 1290. The number of methoxy groups -OCH3 is 1. The van der Waals surface area contributed by atoms with E-state index in [0.29, 0.717) is 22.1 Å². The molecular formula is C27H21ClO4S. The van der Waals surface area contributed by atoms with Crippen molar-refractivity contribution in [1.82, 2.24) is 0 Å². The number of carbonyl (C=O) groups excluding carboxylic acids is 2. The van der Waals surface area contributed by atoms with Crippen molar-refractivity contribution < 1.29 is 19.1 Å². The van der Waals surface area contributed by atoms with E-state index in [4.69, 9.17) is 21.1 Å². The topological polar surface area (TPSA) is 52.6 Å². The number of hydrogen-bond acceptors (Lipinski definition) is 5. The van der Waals surface area contributed by atoms with Gasteiger partial charge in [0.1, 0.15) is 11.5 Å². The summed E-state index contributed by atoms with van der Waals surface area (Å²) >= 11 is 7.99. The van der Waals surface area contributed by atoms with Gasteiger partial charge in [-0.2, -0.15) is 0 Å². The summed E-state index contributed by atoms with van der Waals surface area (Å²) in [6, 6.07) is 22.3. The molecule has 4 nitrogen and oxygen atoms in total. The molecule has 0 unspecified atom stereocenters. The first-order chi connectivity index (χ1) is 16.0. The number of thiophene rings is 1. The van der Waals surface area contributed by atoms with Gasteiger partial charge in [-0.1, -0.05) is 29.8 Å². The summed E-state index contributed by atoms with van der Waals surface area (Å²) in [6.45, 7) is 1.53. The lowest BCUT2D eigenvalue weighted by atomic mass is 9.98. The minimum Gasteiger partial charge on any atom is -0.469 e. The van der Waals surface area contributed by atoms with Crippen molar-refractivity contribution in [2.75, 3.05) is 7.11 Å². The summed E-state index contributed by atoms with van der Waals surface area (Å²) in [7, 11) is 1.39. The fraction of sp³-hybridized carbons (Fsp3) is 0.111. The van der Waals surface area contributed by atoms with Crippen molar-refractivity contribution in [3.8, 4) is 33.1 Å². The quantitative estimate of drug-likeness (QED) is 0.205. The number of ketones is 1. The van der Waals surface area contributed by atoms with E-state index in [0.717, 1.165) is 27.1 Å². The third kappa shape index (κ3) is 5.16. The van der Waals surface area contributed by atoms with Gasteiger partial charge in [0, 0.05) is 21.0 Å². The van der Waals surface area contributed by atoms with Crippen LogP contribution in [-0.4, -0.2) is 18.9 Å². The lowest BCUT2D eigenvalue weighted by Gasteiger charge is -2.10. The zero-order valence-electron chi connectivity index (χ0n) is 18.1. The Morgan fingerprint density at radius 2 is 1.52 bits per heavy atom. The fourth-order valence-corrected chi connectivity index (χ4v) is 4.83. The van der Waals surface area contributed by atoms with Gasteiger partial charge < -0.3 is 9.47 Å². The number of ether oxygens (including phenoxy) is 2. The fourth-order valence-electron chi connectivity index (χ4n) is 3.49. The molecular weight excluding hydrogens is 456 g/mol. The van der Waals surface area contributed by atoms with Crippen LogP contribution in [0.3, 0.4) is 0 Å². The second kappa shape index (κ2) is 10.0. The predicted molar refractivity (Wildman–Crippen MR) is 132 cm³/mol. The van der Waals surface area contributed by atoms with Crippen LogP contribution in [0, 0.1) is 0 Å². The molecule has 0 radical (unpaired) electrons. The van der Waals surface area contributed by atoms with Crippen LogP contribution in [0.4, 0.5) is 0 Å². The molecule has 6 heteroatoms. The highest BCUT2D eigenvalue weighted by Gasteiger charge is 2.19. The van der Waals surface area contributed by atoms with Crippen LogP contribution in [0.2, 0.25) is 5.02 Å². The van der Waals surface area contributed by atoms with Crippen LogP contribution < -0.4 is 4.74 Å². The molecule has 1 aromatic heterocycles. The highest BCUT2D eigenvalue weighted by Crippen LogP contribution is 2.41.